The maximum absolute atomic E-state index is 13.7. The number of carbonyl (C=O) groups excluding carboxylic acids is 1. The van der Waals surface area contributed by atoms with Crippen LogP contribution in [0.4, 0.5) is 8.78 Å². The molecule has 1 aromatic rings. The van der Waals surface area contributed by atoms with E-state index in [1.807, 2.05) is 0 Å². The maximum atomic E-state index is 13.7. The first kappa shape index (κ1) is 14.1. The van der Waals surface area contributed by atoms with E-state index in [1.54, 1.807) is 0 Å². The number of Topliss-reactive ketones (excluding diaryl/α,β-unsaturated/α-hetero) is 1. The normalized spacial score (nSPS) is 23.4. The van der Waals surface area contributed by atoms with Gasteiger partial charge in [0.25, 0.3) is 0 Å². The van der Waals surface area contributed by atoms with Gasteiger partial charge in [0.2, 0.25) is 0 Å². The van der Waals surface area contributed by atoms with Gasteiger partial charge in [0.1, 0.15) is 11.6 Å². The van der Waals surface area contributed by atoms with Gasteiger partial charge in [0, 0.05) is 18.5 Å². The number of piperidine rings is 1. The highest BCUT2D eigenvalue weighted by molar-refractivity contribution is 5.96. The molecule has 0 saturated carbocycles. The Bertz CT molecular complexity index is 487. The quantitative estimate of drug-likeness (QED) is 0.851. The molecule has 0 aliphatic carbocycles. The van der Waals surface area contributed by atoms with Crippen LogP contribution in [-0.2, 0) is 0 Å². The fourth-order valence-corrected chi connectivity index (χ4v) is 2.59. The second kappa shape index (κ2) is 5.78. The van der Waals surface area contributed by atoms with Crippen molar-refractivity contribution >= 4 is 5.78 Å². The summed E-state index contributed by atoms with van der Waals surface area (Å²) < 4.78 is 27.1. The first-order valence-electron chi connectivity index (χ1n) is 6.72. The standard InChI is InChI=1S/C15H19F2NO/c1-9-6-14(17)12(8-13(9)16)15(19)7-11-5-3-4-10(2)18-11/h6,8,10-11,18H,3-5,7H2,1-2H3. The summed E-state index contributed by atoms with van der Waals surface area (Å²) in [6.07, 6.45) is 3.30. The molecule has 4 heteroatoms. The smallest absolute Gasteiger partial charge is 0.167 e. The molecule has 2 unspecified atom stereocenters. The van der Waals surface area contributed by atoms with E-state index >= 15 is 0 Å². The van der Waals surface area contributed by atoms with Gasteiger partial charge in [-0.2, -0.15) is 0 Å². The van der Waals surface area contributed by atoms with Gasteiger partial charge in [-0.25, -0.2) is 8.78 Å². The lowest BCUT2D eigenvalue weighted by molar-refractivity contribution is 0.0955. The Kier molecular flexibility index (Phi) is 4.30. The van der Waals surface area contributed by atoms with E-state index in [0.717, 1.165) is 31.4 Å². The monoisotopic (exact) mass is 267 g/mol. The number of rotatable bonds is 3. The number of nitrogens with one attached hydrogen (secondary N) is 1. The summed E-state index contributed by atoms with van der Waals surface area (Å²) in [5, 5.41) is 3.33. The van der Waals surface area contributed by atoms with E-state index in [1.165, 1.54) is 6.92 Å². The van der Waals surface area contributed by atoms with Crippen molar-refractivity contribution in [2.45, 2.75) is 51.6 Å². The minimum absolute atomic E-state index is 0.0695. The average Bonchev–Trinajstić information content (AvgIpc) is 2.33. The fraction of sp³-hybridized carbons (Fsp3) is 0.533. The lowest BCUT2D eigenvalue weighted by atomic mass is 9.93. The van der Waals surface area contributed by atoms with Crippen LogP contribution < -0.4 is 5.32 Å². The first-order valence-corrected chi connectivity index (χ1v) is 6.72. The largest absolute Gasteiger partial charge is 0.311 e. The Labute approximate surface area is 112 Å². The van der Waals surface area contributed by atoms with Crippen molar-refractivity contribution in [2.75, 3.05) is 0 Å². The molecule has 0 aromatic heterocycles. The fourth-order valence-electron chi connectivity index (χ4n) is 2.59. The predicted molar refractivity (Wildman–Crippen MR) is 70.3 cm³/mol. The molecule has 1 aromatic carbocycles. The van der Waals surface area contributed by atoms with E-state index in [2.05, 4.69) is 12.2 Å². The van der Waals surface area contributed by atoms with Gasteiger partial charge >= 0.3 is 0 Å². The van der Waals surface area contributed by atoms with E-state index in [-0.39, 0.29) is 29.4 Å². The van der Waals surface area contributed by atoms with Crippen LogP contribution in [0.2, 0.25) is 0 Å². The zero-order chi connectivity index (χ0) is 14.0. The SMILES string of the molecule is Cc1cc(F)c(C(=O)CC2CCCC(C)N2)cc1F. The van der Waals surface area contributed by atoms with Gasteiger partial charge in [-0.05, 0) is 44.4 Å². The van der Waals surface area contributed by atoms with Crippen molar-refractivity contribution in [1.29, 1.82) is 0 Å². The second-order valence-electron chi connectivity index (χ2n) is 5.40. The molecule has 0 amide bonds. The highest BCUT2D eigenvalue weighted by Crippen LogP contribution is 2.20. The zero-order valence-electron chi connectivity index (χ0n) is 11.3. The number of benzene rings is 1. The summed E-state index contributed by atoms with van der Waals surface area (Å²) in [6, 6.07) is 2.55. The Morgan fingerprint density at radius 3 is 2.74 bits per heavy atom. The first-order chi connectivity index (χ1) is 8.97. The molecule has 1 aliphatic rings. The molecule has 1 aliphatic heterocycles. The predicted octanol–water partition coefficient (Wildman–Crippen LogP) is 3.38. The third-order valence-electron chi connectivity index (χ3n) is 3.69. The molecule has 1 heterocycles. The maximum Gasteiger partial charge on any atom is 0.167 e. The van der Waals surface area contributed by atoms with Gasteiger partial charge in [-0.3, -0.25) is 4.79 Å². The third-order valence-corrected chi connectivity index (χ3v) is 3.69. The van der Waals surface area contributed by atoms with Crippen LogP contribution in [0.5, 0.6) is 0 Å². The topological polar surface area (TPSA) is 29.1 Å². The van der Waals surface area contributed by atoms with Crippen LogP contribution in [0, 0.1) is 18.6 Å². The van der Waals surface area contributed by atoms with Gasteiger partial charge in [-0.15, -0.1) is 0 Å². The lowest BCUT2D eigenvalue weighted by Crippen LogP contribution is -2.41. The van der Waals surface area contributed by atoms with Gasteiger partial charge < -0.3 is 5.32 Å². The van der Waals surface area contributed by atoms with Crippen LogP contribution in [-0.4, -0.2) is 17.9 Å². The molecule has 1 fully saturated rings. The van der Waals surface area contributed by atoms with Crippen molar-refractivity contribution in [1.82, 2.24) is 5.32 Å². The highest BCUT2D eigenvalue weighted by Gasteiger charge is 2.23. The Morgan fingerprint density at radius 2 is 2.05 bits per heavy atom. The summed E-state index contributed by atoms with van der Waals surface area (Å²) in [4.78, 5) is 12.1. The molecular weight excluding hydrogens is 248 g/mol. The minimum Gasteiger partial charge on any atom is -0.311 e. The van der Waals surface area contributed by atoms with E-state index in [4.69, 9.17) is 0 Å². The summed E-state index contributed by atoms with van der Waals surface area (Å²) in [6.45, 7) is 3.56. The van der Waals surface area contributed by atoms with Crippen molar-refractivity contribution < 1.29 is 13.6 Å². The molecule has 2 rings (SSSR count). The van der Waals surface area contributed by atoms with Crippen molar-refractivity contribution in [3.63, 3.8) is 0 Å². The third kappa shape index (κ3) is 3.38. The zero-order valence-corrected chi connectivity index (χ0v) is 11.3. The van der Waals surface area contributed by atoms with E-state index in [9.17, 15) is 13.6 Å². The number of ketones is 1. The van der Waals surface area contributed by atoms with Crippen molar-refractivity contribution in [3.8, 4) is 0 Å². The molecular formula is C15H19F2NO. The Hall–Kier alpha value is -1.29. The molecule has 104 valence electrons. The highest BCUT2D eigenvalue weighted by atomic mass is 19.1. The number of carbonyl (C=O) groups is 1. The van der Waals surface area contributed by atoms with E-state index < -0.39 is 11.6 Å². The van der Waals surface area contributed by atoms with Crippen LogP contribution in [0.25, 0.3) is 0 Å². The summed E-state index contributed by atoms with van der Waals surface area (Å²) in [7, 11) is 0. The van der Waals surface area contributed by atoms with Crippen LogP contribution in [0.3, 0.4) is 0 Å². The Balaban J connectivity index is 2.09. The number of hydrogen-bond donors (Lipinski definition) is 1. The molecule has 0 spiro atoms. The van der Waals surface area contributed by atoms with Crippen molar-refractivity contribution in [2.24, 2.45) is 0 Å². The molecule has 2 atom stereocenters. The molecule has 1 N–H and O–H groups in total. The van der Waals surface area contributed by atoms with Crippen LogP contribution >= 0.6 is 0 Å². The number of hydrogen-bond acceptors (Lipinski definition) is 2. The number of halogens is 2. The average molecular weight is 267 g/mol. The molecule has 2 nitrogen and oxygen atoms in total. The van der Waals surface area contributed by atoms with Gasteiger partial charge in [0.05, 0.1) is 5.56 Å². The summed E-state index contributed by atoms with van der Waals surface area (Å²) >= 11 is 0. The minimum atomic E-state index is -0.632. The molecule has 0 bridgehead atoms. The van der Waals surface area contributed by atoms with Crippen molar-refractivity contribution in [3.05, 3.63) is 34.9 Å². The molecule has 1 saturated heterocycles. The Morgan fingerprint density at radius 1 is 1.32 bits per heavy atom. The summed E-state index contributed by atoms with van der Waals surface area (Å²) in [5.74, 6) is -1.49. The number of aryl methyl sites for hydroxylation is 1. The second-order valence-corrected chi connectivity index (χ2v) is 5.40. The van der Waals surface area contributed by atoms with Crippen LogP contribution in [0.15, 0.2) is 12.1 Å². The van der Waals surface area contributed by atoms with Gasteiger partial charge in [-0.1, -0.05) is 6.42 Å². The summed E-state index contributed by atoms with van der Waals surface area (Å²) in [5.41, 5.74) is 0.0848. The molecule has 0 radical (unpaired) electrons. The van der Waals surface area contributed by atoms with E-state index in [0.29, 0.717) is 6.04 Å². The van der Waals surface area contributed by atoms with Crippen LogP contribution in [0.1, 0.15) is 48.5 Å². The van der Waals surface area contributed by atoms with Gasteiger partial charge in [0.15, 0.2) is 5.78 Å². The molecule has 19 heavy (non-hydrogen) atoms. The lowest BCUT2D eigenvalue weighted by Gasteiger charge is -2.28.